The van der Waals surface area contributed by atoms with Gasteiger partial charge in [-0.3, -0.25) is 14.4 Å². The number of carboxylic acid groups (broad SMARTS) is 1. The molecule has 2 aromatic rings. The molecule has 136 valence electrons. The lowest BCUT2D eigenvalue weighted by Crippen LogP contribution is -2.31. The average molecular weight is 353 g/mol. The van der Waals surface area contributed by atoms with E-state index in [1.165, 1.54) is 0 Å². The summed E-state index contributed by atoms with van der Waals surface area (Å²) in [5.74, 6) is -2.23. The van der Waals surface area contributed by atoms with Crippen molar-refractivity contribution in [3.63, 3.8) is 0 Å². The van der Waals surface area contributed by atoms with E-state index in [0.717, 1.165) is 12.0 Å². The molecule has 1 amide bonds. The van der Waals surface area contributed by atoms with Gasteiger partial charge in [0.05, 0.1) is 5.92 Å². The highest BCUT2D eigenvalue weighted by molar-refractivity contribution is 5.98. The predicted octanol–water partition coefficient (Wildman–Crippen LogP) is 3.20. The quantitative estimate of drug-likeness (QED) is 0.678. The van der Waals surface area contributed by atoms with Crippen LogP contribution in [0.15, 0.2) is 54.6 Å². The van der Waals surface area contributed by atoms with Crippen molar-refractivity contribution in [2.75, 3.05) is 6.54 Å². The maximum absolute atomic E-state index is 12.1. The van der Waals surface area contributed by atoms with Crippen molar-refractivity contribution >= 4 is 17.7 Å². The third-order valence-electron chi connectivity index (χ3n) is 4.27. The smallest absolute Gasteiger partial charge is 0.312 e. The molecule has 0 saturated carbocycles. The van der Waals surface area contributed by atoms with Gasteiger partial charge in [-0.15, -0.1) is 0 Å². The molecule has 2 aromatic carbocycles. The molecule has 26 heavy (non-hydrogen) atoms. The number of aryl methyl sites for hydroxylation is 1. The lowest BCUT2D eigenvalue weighted by atomic mass is 9.99. The minimum atomic E-state index is -0.997. The van der Waals surface area contributed by atoms with E-state index in [2.05, 4.69) is 5.32 Å². The van der Waals surface area contributed by atoms with E-state index < -0.39 is 11.9 Å². The summed E-state index contributed by atoms with van der Waals surface area (Å²) in [5.41, 5.74) is 2.37. The van der Waals surface area contributed by atoms with Crippen LogP contribution in [0.4, 0.5) is 0 Å². The standard InChI is InChI=1S/C21H23NO4/c1-2-15-8-10-17(11-9-15)19(23)12-13-20(24)22-14-18(21(25)26)16-6-4-3-5-7-16/h3-11,18H,2,12-14H2,1H3,(H,22,24)(H,25,26). The van der Waals surface area contributed by atoms with Crippen molar-refractivity contribution in [2.24, 2.45) is 0 Å². The Kier molecular flexibility index (Phi) is 7.09. The average Bonchev–Trinajstić information content (AvgIpc) is 2.67. The Hall–Kier alpha value is -2.95. The Labute approximate surface area is 153 Å². The Morgan fingerprint density at radius 3 is 2.19 bits per heavy atom. The number of nitrogens with one attached hydrogen (secondary N) is 1. The number of carbonyl (C=O) groups excluding carboxylic acids is 2. The zero-order valence-electron chi connectivity index (χ0n) is 14.8. The summed E-state index contributed by atoms with van der Waals surface area (Å²) < 4.78 is 0. The van der Waals surface area contributed by atoms with Crippen molar-refractivity contribution in [3.05, 3.63) is 71.3 Å². The van der Waals surface area contributed by atoms with Crippen molar-refractivity contribution in [3.8, 4) is 0 Å². The van der Waals surface area contributed by atoms with Gasteiger partial charge in [0, 0.05) is 24.9 Å². The molecule has 0 aromatic heterocycles. The maximum Gasteiger partial charge on any atom is 0.312 e. The minimum Gasteiger partial charge on any atom is -0.481 e. The van der Waals surface area contributed by atoms with E-state index in [-0.39, 0.29) is 31.1 Å². The number of carboxylic acids is 1. The third-order valence-corrected chi connectivity index (χ3v) is 4.27. The second-order valence-corrected chi connectivity index (χ2v) is 6.08. The summed E-state index contributed by atoms with van der Waals surface area (Å²) in [6, 6.07) is 16.1. The summed E-state index contributed by atoms with van der Waals surface area (Å²) in [5, 5.41) is 12.0. The molecule has 0 aliphatic rings. The number of Topliss-reactive ketones (excluding diaryl/α,β-unsaturated/α-hetero) is 1. The summed E-state index contributed by atoms with van der Waals surface area (Å²) in [7, 11) is 0. The first kappa shape index (κ1) is 19.4. The molecule has 1 unspecified atom stereocenters. The van der Waals surface area contributed by atoms with Gasteiger partial charge in [-0.1, -0.05) is 61.5 Å². The van der Waals surface area contributed by atoms with Crippen LogP contribution in [0.2, 0.25) is 0 Å². The highest BCUT2D eigenvalue weighted by Gasteiger charge is 2.20. The first-order chi connectivity index (χ1) is 12.5. The Morgan fingerprint density at radius 1 is 0.962 bits per heavy atom. The van der Waals surface area contributed by atoms with Crippen LogP contribution in [-0.2, 0) is 16.0 Å². The lowest BCUT2D eigenvalue weighted by Gasteiger charge is -2.13. The van der Waals surface area contributed by atoms with Crippen molar-refractivity contribution in [1.82, 2.24) is 5.32 Å². The highest BCUT2D eigenvalue weighted by atomic mass is 16.4. The maximum atomic E-state index is 12.1. The Balaban J connectivity index is 1.83. The van der Waals surface area contributed by atoms with Gasteiger partial charge in [-0.05, 0) is 17.5 Å². The van der Waals surface area contributed by atoms with Crippen LogP contribution in [0.3, 0.4) is 0 Å². The van der Waals surface area contributed by atoms with Crippen molar-refractivity contribution < 1.29 is 19.5 Å². The normalized spacial score (nSPS) is 11.6. The van der Waals surface area contributed by atoms with Crippen molar-refractivity contribution in [2.45, 2.75) is 32.1 Å². The number of rotatable bonds is 9. The second kappa shape index (κ2) is 9.51. The molecule has 1 atom stereocenters. The van der Waals surface area contributed by atoms with Crippen LogP contribution in [0.5, 0.6) is 0 Å². The molecule has 0 aliphatic heterocycles. The van der Waals surface area contributed by atoms with Crippen LogP contribution >= 0.6 is 0 Å². The van der Waals surface area contributed by atoms with Gasteiger partial charge in [0.15, 0.2) is 5.78 Å². The van der Waals surface area contributed by atoms with E-state index in [9.17, 15) is 19.5 Å². The van der Waals surface area contributed by atoms with Crippen LogP contribution in [-0.4, -0.2) is 29.3 Å². The molecule has 0 radical (unpaired) electrons. The zero-order valence-corrected chi connectivity index (χ0v) is 14.8. The molecule has 0 aliphatic carbocycles. The third kappa shape index (κ3) is 5.55. The minimum absolute atomic E-state index is 0.00241. The van der Waals surface area contributed by atoms with Crippen LogP contribution < -0.4 is 5.32 Å². The van der Waals surface area contributed by atoms with E-state index >= 15 is 0 Å². The summed E-state index contributed by atoms with van der Waals surface area (Å²) in [6.45, 7) is 2.04. The van der Waals surface area contributed by atoms with Crippen LogP contribution in [0.1, 0.15) is 47.2 Å². The topological polar surface area (TPSA) is 83.5 Å². The molecule has 5 nitrogen and oxygen atoms in total. The van der Waals surface area contributed by atoms with Gasteiger partial charge >= 0.3 is 5.97 Å². The van der Waals surface area contributed by atoms with Gasteiger partial charge in [0.1, 0.15) is 0 Å². The Morgan fingerprint density at radius 2 is 1.62 bits per heavy atom. The number of ketones is 1. The van der Waals surface area contributed by atoms with E-state index in [4.69, 9.17) is 0 Å². The number of hydrogen-bond acceptors (Lipinski definition) is 3. The summed E-state index contributed by atoms with van der Waals surface area (Å²) >= 11 is 0. The Bertz CT molecular complexity index is 753. The molecule has 0 spiro atoms. The van der Waals surface area contributed by atoms with Gasteiger partial charge in [-0.25, -0.2) is 0 Å². The first-order valence-corrected chi connectivity index (χ1v) is 8.67. The fourth-order valence-corrected chi connectivity index (χ4v) is 2.64. The predicted molar refractivity (Wildman–Crippen MR) is 99.2 cm³/mol. The monoisotopic (exact) mass is 353 g/mol. The number of aliphatic carboxylic acids is 1. The molecule has 0 fully saturated rings. The number of benzene rings is 2. The molecule has 0 saturated heterocycles. The van der Waals surface area contributed by atoms with Gasteiger partial charge < -0.3 is 10.4 Å². The van der Waals surface area contributed by atoms with Crippen molar-refractivity contribution in [1.29, 1.82) is 0 Å². The molecule has 0 heterocycles. The number of hydrogen-bond donors (Lipinski definition) is 2. The second-order valence-electron chi connectivity index (χ2n) is 6.08. The zero-order chi connectivity index (χ0) is 18.9. The molecule has 5 heteroatoms. The van der Waals surface area contributed by atoms with E-state index in [0.29, 0.717) is 11.1 Å². The first-order valence-electron chi connectivity index (χ1n) is 8.67. The summed E-state index contributed by atoms with van der Waals surface area (Å²) in [4.78, 5) is 35.5. The highest BCUT2D eigenvalue weighted by Crippen LogP contribution is 2.15. The SMILES string of the molecule is CCc1ccc(C(=O)CCC(=O)NCC(C(=O)O)c2ccccc2)cc1. The number of amides is 1. The van der Waals surface area contributed by atoms with Gasteiger partial charge in [-0.2, -0.15) is 0 Å². The molecular formula is C21H23NO4. The number of carbonyl (C=O) groups is 3. The van der Waals surface area contributed by atoms with Gasteiger partial charge in [0.25, 0.3) is 0 Å². The van der Waals surface area contributed by atoms with Gasteiger partial charge in [0.2, 0.25) is 5.91 Å². The molecular weight excluding hydrogens is 330 g/mol. The van der Waals surface area contributed by atoms with E-state index in [1.54, 1.807) is 42.5 Å². The van der Waals surface area contributed by atoms with Crippen LogP contribution in [0, 0.1) is 0 Å². The molecule has 2 rings (SSSR count). The largest absolute Gasteiger partial charge is 0.481 e. The fourth-order valence-electron chi connectivity index (χ4n) is 2.64. The van der Waals surface area contributed by atoms with Crippen LogP contribution in [0.25, 0.3) is 0 Å². The fraction of sp³-hybridized carbons (Fsp3) is 0.286. The summed E-state index contributed by atoms with van der Waals surface area (Å²) in [6.07, 6.45) is 1.04. The lowest BCUT2D eigenvalue weighted by molar-refractivity contribution is -0.138. The molecule has 2 N–H and O–H groups in total. The molecule has 0 bridgehead atoms. The van der Waals surface area contributed by atoms with E-state index in [1.807, 2.05) is 19.1 Å².